The molecule has 0 fully saturated rings. The van der Waals surface area contributed by atoms with Crippen molar-refractivity contribution in [3.8, 4) is 16.3 Å². The van der Waals surface area contributed by atoms with Crippen LogP contribution in [0.1, 0.15) is 31.3 Å². The molecule has 0 amide bonds. The van der Waals surface area contributed by atoms with Gasteiger partial charge in [-0.25, -0.2) is 9.37 Å². The first-order valence-corrected chi connectivity index (χ1v) is 7.22. The van der Waals surface area contributed by atoms with Gasteiger partial charge in [0.2, 0.25) is 0 Å². The van der Waals surface area contributed by atoms with E-state index in [2.05, 4.69) is 25.8 Å². The van der Waals surface area contributed by atoms with Crippen LogP contribution >= 0.6 is 11.3 Å². The fraction of sp³-hybridized carbons (Fsp3) is 0.400. The van der Waals surface area contributed by atoms with E-state index < -0.39 is 0 Å². The third-order valence-corrected chi connectivity index (χ3v) is 4.12. The van der Waals surface area contributed by atoms with Gasteiger partial charge >= 0.3 is 0 Å². The monoisotopic (exact) mass is 294 g/mol. The lowest BCUT2D eigenvalue weighted by Crippen LogP contribution is -2.15. The first-order valence-electron chi connectivity index (χ1n) is 6.41. The lowest BCUT2D eigenvalue weighted by molar-refractivity contribution is 0.387. The van der Waals surface area contributed by atoms with Crippen molar-refractivity contribution in [2.75, 3.05) is 7.11 Å². The lowest BCUT2D eigenvalue weighted by atomic mass is 9.91. The predicted octanol–water partition coefficient (Wildman–Crippen LogP) is 3.71. The van der Waals surface area contributed by atoms with Crippen molar-refractivity contribution in [2.45, 2.75) is 32.7 Å². The Kier molecular flexibility index (Phi) is 4.11. The third kappa shape index (κ3) is 2.83. The highest BCUT2D eigenvalue weighted by molar-refractivity contribution is 7.15. The van der Waals surface area contributed by atoms with Crippen molar-refractivity contribution in [1.82, 2.24) is 4.98 Å². The zero-order chi connectivity index (χ0) is 14.9. The average Bonchev–Trinajstić information content (AvgIpc) is 2.83. The van der Waals surface area contributed by atoms with Crippen LogP contribution in [0, 0.1) is 5.82 Å². The number of hydrogen-bond acceptors (Lipinski definition) is 4. The summed E-state index contributed by atoms with van der Waals surface area (Å²) >= 11 is 1.55. The summed E-state index contributed by atoms with van der Waals surface area (Å²) in [5.41, 5.74) is 7.59. The van der Waals surface area contributed by atoms with Crippen LogP contribution in [0.4, 0.5) is 4.39 Å². The van der Waals surface area contributed by atoms with Gasteiger partial charge in [-0.05, 0) is 18.2 Å². The van der Waals surface area contributed by atoms with Crippen LogP contribution < -0.4 is 10.5 Å². The molecular weight excluding hydrogens is 275 g/mol. The van der Waals surface area contributed by atoms with E-state index in [0.717, 1.165) is 21.1 Å². The molecule has 0 aliphatic carbocycles. The summed E-state index contributed by atoms with van der Waals surface area (Å²) in [5, 5.41) is 0.841. The van der Waals surface area contributed by atoms with Crippen LogP contribution in [0.3, 0.4) is 0 Å². The van der Waals surface area contributed by atoms with Crippen molar-refractivity contribution in [3.63, 3.8) is 0 Å². The standard InChI is InChI=1S/C15H19FN2OS/c1-15(2,3)13-12(8-17)20-14(18-13)9-5-6-10(16)11(7-9)19-4/h5-7H,8,17H2,1-4H3. The second-order valence-corrected chi connectivity index (χ2v) is 6.68. The number of ether oxygens (including phenoxy) is 1. The van der Waals surface area contributed by atoms with Gasteiger partial charge in [0.15, 0.2) is 11.6 Å². The first-order chi connectivity index (χ1) is 9.36. The summed E-state index contributed by atoms with van der Waals surface area (Å²) in [6, 6.07) is 4.78. The molecule has 0 spiro atoms. The highest BCUT2D eigenvalue weighted by atomic mass is 32.1. The van der Waals surface area contributed by atoms with Crippen molar-refractivity contribution in [3.05, 3.63) is 34.6 Å². The van der Waals surface area contributed by atoms with Gasteiger partial charge in [0.25, 0.3) is 0 Å². The molecule has 0 unspecified atom stereocenters. The van der Waals surface area contributed by atoms with Crippen LogP contribution in [0.15, 0.2) is 18.2 Å². The molecule has 1 aromatic carbocycles. The smallest absolute Gasteiger partial charge is 0.165 e. The Labute approximate surface area is 122 Å². The molecule has 0 bridgehead atoms. The van der Waals surface area contributed by atoms with Crippen molar-refractivity contribution in [1.29, 1.82) is 0 Å². The second-order valence-electron chi connectivity index (χ2n) is 5.59. The highest BCUT2D eigenvalue weighted by Crippen LogP contribution is 2.35. The van der Waals surface area contributed by atoms with Crippen LogP contribution in [-0.2, 0) is 12.0 Å². The van der Waals surface area contributed by atoms with E-state index in [1.807, 2.05) is 0 Å². The Morgan fingerprint density at radius 1 is 1.35 bits per heavy atom. The molecule has 2 N–H and O–H groups in total. The summed E-state index contributed by atoms with van der Waals surface area (Å²) in [7, 11) is 1.45. The molecule has 20 heavy (non-hydrogen) atoms. The van der Waals surface area contributed by atoms with Crippen molar-refractivity contribution < 1.29 is 9.13 Å². The molecule has 0 aliphatic rings. The maximum absolute atomic E-state index is 13.5. The molecule has 2 rings (SSSR count). The average molecular weight is 294 g/mol. The Hall–Kier alpha value is -1.46. The molecule has 0 radical (unpaired) electrons. The van der Waals surface area contributed by atoms with Crippen molar-refractivity contribution in [2.24, 2.45) is 5.73 Å². The topological polar surface area (TPSA) is 48.1 Å². The van der Waals surface area contributed by atoms with Crippen LogP contribution in [0.2, 0.25) is 0 Å². The number of halogens is 1. The fourth-order valence-corrected chi connectivity index (χ4v) is 3.14. The van der Waals surface area contributed by atoms with E-state index in [1.165, 1.54) is 13.2 Å². The Bertz CT molecular complexity index is 617. The van der Waals surface area contributed by atoms with Gasteiger partial charge in [-0.3, -0.25) is 0 Å². The molecular formula is C15H19FN2OS. The van der Waals surface area contributed by atoms with E-state index in [4.69, 9.17) is 10.5 Å². The lowest BCUT2D eigenvalue weighted by Gasteiger charge is -2.16. The second kappa shape index (κ2) is 5.50. The zero-order valence-electron chi connectivity index (χ0n) is 12.2. The van der Waals surface area contributed by atoms with Gasteiger partial charge in [0.05, 0.1) is 12.8 Å². The normalized spacial score (nSPS) is 11.7. The van der Waals surface area contributed by atoms with E-state index >= 15 is 0 Å². The summed E-state index contributed by atoms with van der Waals surface area (Å²) in [5.74, 6) is -0.146. The van der Waals surface area contributed by atoms with Gasteiger partial charge in [0.1, 0.15) is 5.01 Å². The summed E-state index contributed by atoms with van der Waals surface area (Å²) in [6.07, 6.45) is 0. The molecule has 0 saturated carbocycles. The van der Waals surface area contributed by atoms with E-state index in [-0.39, 0.29) is 17.0 Å². The van der Waals surface area contributed by atoms with Gasteiger partial charge in [-0.1, -0.05) is 20.8 Å². The summed E-state index contributed by atoms with van der Waals surface area (Å²) in [6.45, 7) is 6.78. The van der Waals surface area contributed by atoms with Gasteiger partial charge in [-0.2, -0.15) is 0 Å². The predicted molar refractivity (Wildman–Crippen MR) is 80.7 cm³/mol. The van der Waals surface area contributed by atoms with Crippen LogP contribution in [0.25, 0.3) is 10.6 Å². The number of nitrogens with two attached hydrogens (primary N) is 1. The highest BCUT2D eigenvalue weighted by Gasteiger charge is 2.23. The van der Waals surface area contributed by atoms with E-state index in [1.54, 1.807) is 23.5 Å². The summed E-state index contributed by atoms with van der Waals surface area (Å²) < 4.78 is 18.5. The van der Waals surface area contributed by atoms with Crippen molar-refractivity contribution >= 4 is 11.3 Å². The largest absolute Gasteiger partial charge is 0.494 e. The number of hydrogen-bond donors (Lipinski definition) is 1. The maximum atomic E-state index is 13.5. The van der Waals surface area contributed by atoms with Gasteiger partial charge in [0, 0.05) is 22.4 Å². The molecule has 108 valence electrons. The number of aromatic nitrogens is 1. The quantitative estimate of drug-likeness (QED) is 0.938. The molecule has 0 saturated heterocycles. The Balaban J connectivity index is 2.51. The molecule has 1 heterocycles. The summed E-state index contributed by atoms with van der Waals surface area (Å²) in [4.78, 5) is 5.75. The van der Waals surface area contributed by atoms with Gasteiger partial charge in [-0.15, -0.1) is 11.3 Å². The minimum Gasteiger partial charge on any atom is -0.494 e. The van der Waals surface area contributed by atoms with E-state index in [9.17, 15) is 4.39 Å². The molecule has 5 heteroatoms. The Morgan fingerprint density at radius 2 is 2.05 bits per heavy atom. The number of thiazole rings is 1. The third-order valence-electron chi connectivity index (χ3n) is 2.99. The zero-order valence-corrected chi connectivity index (χ0v) is 13.0. The van der Waals surface area contributed by atoms with Crippen LogP contribution in [-0.4, -0.2) is 12.1 Å². The number of nitrogens with zero attached hydrogens (tertiary/aromatic N) is 1. The molecule has 2 aromatic rings. The number of benzene rings is 1. The fourth-order valence-electron chi connectivity index (χ4n) is 1.99. The maximum Gasteiger partial charge on any atom is 0.165 e. The minimum atomic E-state index is -0.372. The van der Waals surface area contributed by atoms with Gasteiger partial charge < -0.3 is 10.5 Å². The minimum absolute atomic E-state index is 0.0619. The molecule has 0 aliphatic heterocycles. The molecule has 3 nitrogen and oxygen atoms in total. The van der Waals surface area contributed by atoms with E-state index in [0.29, 0.717) is 6.54 Å². The first kappa shape index (κ1) is 14.9. The Morgan fingerprint density at radius 3 is 2.55 bits per heavy atom. The molecule has 0 atom stereocenters. The van der Waals surface area contributed by atoms with Crippen LogP contribution in [0.5, 0.6) is 5.75 Å². The number of methoxy groups -OCH3 is 1. The number of rotatable bonds is 3. The SMILES string of the molecule is COc1cc(-c2nc(C(C)(C)C)c(CN)s2)ccc1F. The molecule has 1 aromatic heterocycles.